The molecule has 2 heterocycles. The maximum Gasteiger partial charge on any atom is 0.222 e. The van der Waals surface area contributed by atoms with Gasteiger partial charge in [0, 0.05) is 0 Å². The molecule has 0 unspecified atom stereocenters. The van der Waals surface area contributed by atoms with E-state index in [1.165, 1.54) is 0 Å². The topological polar surface area (TPSA) is 44.8 Å². The van der Waals surface area contributed by atoms with Gasteiger partial charge in [0.05, 0.1) is 13.7 Å². The molecule has 17 heavy (non-hydrogen) atoms. The zero-order valence-electron chi connectivity index (χ0n) is 9.38. The van der Waals surface area contributed by atoms with Crippen molar-refractivity contribution in [1.82, 2.24) is 0 Å². The Morgan fingerprint density at radius 2 is 2.06 bits per heavy atom. The minimum atomic E-state index is -0.693. The Labute approximate surface area is 98.8 Å². The smallest absolute Gasteiger partial charge is 0.222 e. The summed E-state index contributed by atoms with van der Waals surface area (Å²) in [5.41, 5.74) is 1.85. The lowest BCUT2D eigenvalue weighted by molar-refractivity contribution is -0.141. The predicted molar refractivity (Wildman–Crippen MR) is 60.6 cm³/mol. The van der Waals surface area contributed by atoms with Gasteiger partial charge in [-0.3, -0.25) is 4.79 Å². The van der Waals surface area contributed by atoms with Crippen molar-refractivity contribution in [3.05, 3.63) is 35.9 Å². The van der Waals surface area contributed by atoms with Crippen molar-refractivity contribution < 1.29 is 19.0 Å². The van der Waals surface area contributed by atoms with Crippen LogP contribution in [0.4, 0.5) is 0 Å². The quantitative estimate of drug-likeness (QED) is 0.773. The van der Waals surface area contributed by atoms with Crippen LogP contribution >= 0.6 is 0 Å². The Morgan fingerprint density at radius 1 is 1.29 bits per heavy atom. The standard InChI is InChI=1S/C13H12O4/c1-15-9-4-2-8(3-5-9)10-6-11(14)13-16-7-12(10)17-13/h2-6,12-13H,7H2,1H3/t12-,13-/m1/s1. The first-order chi connectivity index (χ1) is 8.28. The second-order valence-corrected chi connectivity index (χ2v) is 4.02. The number of carbonyl (C=O) groups is 1. The number of methoxy groups -OCH3 is 1. The van der Waals surface area contributed by atoms with E-state index in [9.17, 15) is 4.79 Å². The summed E-state index contributed by atoms with van der Waals surface area (Å²) in [4.78, 5) is 11.6. The molecule has 0 aromatic heterocycles. The van der Waals surface area contributed by atoms with Crippen molar-refractivity contribution >= 4 is 11.4 Å². The highest BCUT2D eigenvalue weighted by molar-refractivity contribution is 6.01. The minimum absolute atomic E-state index is 0.121. The number of rotatable bonds is 2. The van der Waals surface area contributed by atoms with Gasteiger partial charge >= 0.3 is 0 Å². The van der Waals surface area contributed by atoms with E-state index in [2.05, 4.69) is 0 Å². The van der Waals surface area contributed by atoms with Crippen LogP contribution in [0.1, 0.15) is 5.56 Å². The highest BCUT2D eigenvalue weighted by Crippen LogP contribution is 2.32. The van der Waals surface area contributed by atoms with E-state index in [0.29, 0.717) is 6.61 Å². The Morgan fingerprint density at radius 3 is 2.76 bits per heavy atom. The van der Waals surface area contributed by atoms with E-state index in [-0.39, 0.29) is 11.9 Å². The number of hydrogen-bond donors (Lipinski definition) is 0. The molecule has 4 heteroatoms. The predicted octanol–water partition coefficient (Wildman–Crippen LogP) is 1.40. The Hall–Kier alpha value is -1.65. The molecule has 3 rings (SSSR count). The number of fused-ring (bicyclic) bond motifs is 2. The van der Waals surface area contributed by atoms with Crippen LogP contribution < -0.4 is 4.74 Å². The molecular weight excluding hydrogens is 220 g/mol. The van der Waals surface area contributed by atoms with Crippen molar-refractivity contribution in [2.24, 2.45) is 0 Å². The van der Waals surface area contributed by atoms with Gasteiger partial charge in [-0.25, -0.2) is 0 Å². The molecule has 2 aliphatic rings. The van der Waals surface area contributed by atoms with Gasteiger partial charge < -0.3 is 14.2 Å². The van der Waals surface area contributed by atoms with E-state index in [0.717, 1.165) is 16.9 Å². The highest BCUT2D eigenvalue weighted by atomic mass is 16.7. The van der Waals surface area contributed by atoms with Crippen LogP contribution in [0.3, 0.4) is 0 Å². The summed E-state index contributed by atoms with van der Waals surface area (Å²) in [6.07, 6.45) is 0.793. The van der Waals surface area contributed by atoms with Crippen molar-refractivity contribution in [3.8, 4) is 5.75 Å². The summed E-state index contributed by atoms with van der Waals surface area (Å²) in [6.45, 7) is 0.439. The molecule has 1 saturated heterocycles. The van der Waals surface area contributed by atoms with E-state index in [1.807, 2.05) is 24.3 Å². The van der Waals surface area contributed by atoms with Crippen LogP contribution in [0.15, 0.2) is 30.3 Å². The number of benzene rings is 1. The summed E-state index contributed by atoms with van der Waals surface area (Å²) in [6, 6.07) is 7.56. The third-order valence-electron chi connectivity index (χ3n) is 2.99. The Kier molecular flexibility index (Phi) is 2.46. The fourth-order valence-electron chi connectivity index (χ4n) is 2.08. The van der Waals surface area contributed by atoms with Crippen LogP contribution in [0, 0.1) is 0 Å². The third-order valence-corrected chi connectivity index (χ3v) is 2.99. The molecule has 0 radical (unpaired) electrons. The molecule has 88 valence electrons. The molecule has 2 bridgehead atoms. The van der Waals surface area contributed by atoms with E-state index in [1.54, 1.807) is 13.2 Å². The first kappa shape index (κ1) is 10.5. The lowest BCUT2D eigenvalue weighted by atomic mass is 9.98. The maximum atomic E-state index is 11.6. The molecule has 1 aromatic rings. The third kappa shape index (κ3) is 1.75. The zero-order valence-corrected chi connectivity index (χ0v) is 9.38. The highest BCUT2D eigenvalue weighted by Gasteiger charge is 2.38. The largest absolute Gasteiger partial charge is 0.497 e. The van der Waals surface area contributed by atoms with Gasteiger partial charge in [-0.1, -0.05) is 12.1 Å². The molecule has 1 aromatic carbocycles. The molecule has 2 atom stereocenters. The summed E-state index contributed by atoms with van der Waals surface area (Å²) in [7, 11) is 1.62. The van der Waals surface area contributed by atoms with Gasteiger partial charge in [0.2, 0.25) is 12.1 Å². The second-order valence-electron chi connectivity index (χ2n) is 4.02. The van der Waals surface area contributed by atoms with Crippen molar-refractivity contribution in [1.29, 1.82) is 0 Å². The van der Waals surface area contributed by atoms with Gasteiger partial charge in [0.25, 0.3) is 0 Å². The molecule has 1 fully saturated rings. The normalized spacial score (nSPS) is 26.9. The van der Waals surface area contributed by atoms with Gasteiger partial charge in [-0.2, -0.15) is 0 Å². The molecule has 0 amide bonds. The molecule has 2 aliphatic heterocycles. The summed E-state index contributed by atoms with van der Waals surface area (Å²) < 4.78 is 15.8. The SMILES string of the molecule is COc1ccc(C2=CC(=O)[C@@H]3OC[C@H]2O3)cc1. The lowest BCUT2D eigenvalue weighted by Crippen LogP contribution is -2.26. The second kappa shape index (κ2) is 3.98. The fourth-order valence-corrected chi connectivity index (χ4v) is 2.08. The fraction of sp³-hybridized carbons (Fsp3) is 0.308. The Balaban J connectivity index is 1.95. The van der Waals surface area contributed by atoms with Crippen molar-refractivity contribution in [3.63, 3.8) is 0 Å². The molecule has 0 saturated carbocycles. The van der Waals surface area contributed by atoms with Gasteiger partial charge in [-0.15, -0.1) is 0 Å². The van der Waals surface area contributed by atoms with Crippen molar-refractivity contribution in [2.75, 3.05) is 13.7 Å². The molecule has 0 N–H and O–H groups in total. The van der Waals surface area contributed by atoms with E-state index < -0.39 is 6.29 Å². The van der Waals surface area contributed by atoms with Gasteiger partial charge in [0.15, 0.2) is 0 Å². The lowest BCUT2D eigenvalue weighted by Gasteiger charge is -2.18. The monoisotopic (exact) mass is 232 g/mol. The summed E-state index contributed by atoms with van der Waals surface area (Å²) >= 11 is 0. The number of ketones is 1. The number of ether oxygens (including phenoxy) is 3. The number of carbonyl (C=O) groups excluding carboxylic acids is 1. The summed E-state index contributed by atoms with van der Waals surface area (Å²) in [5.74, 6) is 0.669. The average Bonchev–Trinajstić information content (AvgIpc) is 2.80. The van der Waals surface area contributed by atoms with Gasteiger partial charge in [0.1, 0.15) is 11.9 Å². The van der Waals surface area contributed by atoms with Gasteiger partial charge in [-0.05, 0) is 29.3 Å². The van der Waals surface area contributed by atoms with Crippen LogP contribution in [0.25, 0.3) is 5.57 Å². The maximum absolute atomic E-state index is 11.6. The van der Waals surface area contributed by atoms with Crippen molar-refractivity contribution in [2.45, 2.75) is 12.4 Å². The minimum Gasteiger partial charge on any atom is -0.497 e. The zero-order chi connectivity index (χ0) is 11.8. The van der Waals surface area contributed by atoms with E-state index >= 15 is 0 Å². The van der Waals surface area contributed by atoms with Crippen LogP contribution in [-0.4, -0.2) is 31.9 Å². The van der Waals surface area contributed by atoms with E-state index in [4.69, 9.17) is 14.2 Å². The first-order valence-corrected chi connectivity index (χ1v) is 5.45. The molecule has 0 aliphatic carbocycles. The van der Waals surface area contributed by atoms with Crippen LogP contribution in [0.2, 0.25) is 0 Å². The van der Waals surface area contributed by atoms with Crippen LogP contribution in [0.5, 0.6) is 5.75 Å². The average molecular weight is 232 g/mol. The molecule has 4 nitrogen and oxygen atoms in total. The molecule has 0 spiro atoms. The Bertz CT molecular complexity index is 475. The number of hydrogen-bond acceptors (Lipinski definition) is 4. The molecular formula is C13H12O4. The van der Waals surface area contributed by atoms with Crippen LogP contribution in [-0.2, 0) is 14.3 Å². The summed E-state index contributed by atoms with van der Waals surface area (Å²) in [5, 5.41) is 0. The first-order valence-electron chi connectivity index (χ1n) is 5.45.